The minimum atomic E-state index is -0.886. The van der Waals surface area contributed by atoms with Crippen LogP contribution in [0.5, 0.6) is 0 Å². The molecule has 0 saturated heterocycles. The molecule has 224 valence electrons. The Hall–Kier alpha value is -4.07. The van der Waals surface area contributed by atoms with Crippen molar-refractivity contribution in [2.75, 3.05) is 25.0 Å². The lowest BCUT2D eigenvalue weighted by Gasteiger charge is -2.22. The molecule has 0 unspecified atom stereocenters. The molecule has 14 nitrogen and oxygen atoms in total. The Kier molecular flexibility index (Phi) is 14.3. The molecule has 40 heavy (non-hydrogen) atoms. The van der Waals surface area contributed by atoms with Gasteiger partial charge in [0.15, 0.2) is 0 Å². The van der Waals surface area contributed by atoms with E-state index in [1.54, 1.807) is 58.9 Å². The van der Waals surface area contributed by atoms with Gasteiger partial charge in [-0.15, -0.1) is 0 Å². The van der Waals surface area contributed by atoms with Gasteiger partial charge in [-0.2, -0.15) is 0 Å². The second-order valence-corrected chi connectivity index (χ2v) is 10.4. The Morgan fingerprint density at radius 1 is 0.875 bits per heavy atom. The number of carbonyl (C=O) groups is 5. The number of hydrogen-bond donors (Lipinski definition) is 7. The van der Waals surface area contributed by atoms with Crippen LogP contribution in [-0.2, 0) is 25.7 Å². The number of alkyl carbamates (subject to hydrolysis) is 2. The number of benzene rings is 1. The summed E-state index contributed by atoms with van der Waals surface area (Å²) in [5, 5.41) is 12.9. The second-order valence-electron chi connectivity index (χ2n) is 10.4. The fourth-order valence-electron chi connectivity index (χ4n) is 3.11. The molecule has 2 atom stereocenters. The van der Waals surface area contributed by atoms with Gasteiger partial charge in [-0.25, -0.2) is 14.4 Å². The Morgan fingerprint density at radius 2 is 1.48 bits per heavy atom. The summed E-state index contributed by atoms with van der Waals surface area (Å²) in [5.41, 5.74) is 11.5. The number of hydrogen-bond acceptors (Lipinski definition) is 8. The van der Waals surface area contributed by atoms with E-state index in [1.807, 2.05) is 0 Å². The zero-order chi connectivity index (χ0) is 30.3. The number of nitrogens with one attached hydrogen (secondary N) is 5. The zero-order valence-corrected chi connectivity index (χ0v) is 23.8. The van der Waals surface area contributed by atoms with Gasteiger partial charge in [-0.1, -0.05) is 26.0 Å². The van der Waals surface area contributed by atoms with E-state index in [1.165, 1.54) is 0 Å². The molecule has 0 saturated carbocycles. The molecule has 0 fully saturated rings. The van der Waals surface area contributed by atoms with Crippen LogP contribution in [0.1, 0.15) is 53.0 Å². The molecule has 1 rings (SSSR count). The highest BCUT2D eigenvalue weighted by molar-refractivity contribution is 5.97. The van der Waals surface area contributed by atoms with Crippen LogP contribution in [0.25, 0.3) is 0 Å². The van der Waals surface area contributed by atoms with Crippen molar-refractivity contribution in [1.82, 2.24) is 21.3 Å². The molecule has 0 radical (unpaired) electrons. The van der Waals surface area contributed by atoms with Crippen molar-refractivity contribution in [2.24, 2.45) is 17.4 Å². The molecule has 0 aromatic heterocycles. The van der Waals surface area contributed by atoms with Gasteiger partial charge in [0, 0.05) is 25.3 Å². The first-order valence-corrected chi connectivity index (χ1v) is 13.0. The third kappa shape index (κ3) is 14.8. The molecule has 0 aliphatic heterocycles. The van der Waals surface area contributed by atoms with Gasteiger partial charge < -0.3 is 47.5 Å². The molecule has 0 bridgehead atoms. The van der Waals surface area contributed by atoms with E-state index in [0.29, 0.717) is 17.7 Å². The predicted molar refractivity (Wildman–Crippen MR) is 149 cm³/mol. The van der Waals surface area contributed by atoms with Crippen LogP contribution in [0.3, 0.4) is 0 Å². The summed E-state index contributed by atoms with van der Waals surface area (Å²) in [7, 11) is 0. The number of carbonyl (C=O) groups excluding carboxylic acids is 5. The number of ether oxygens (including phenoxy) is 2. The number of rotatable bonds is 14. The fourth-order valence-corrected chi connectivity index (χ4v) is 3.11. The molecule has 1 aromatic carbocycles. The lowest BCUT2D eigenvalue weighted by Crippen LogP contribution is -2.51. The maximum absolute atomic E-state index is 12.9. The van der Waals surface area contributed by atoms with Gasteiger partial charge in [0.25, 0.3) is 0 Å². The highest BCUT2D eigenvalue weighted by Crippen LogP contribution is 2.12. The molecule has 0 spiro atoms. The third-order valence-corrected chi connectivity index (χ3v) is 5.28. The molecule has 0 aliphatic carbocycles. The fraction of sp³-hybridized carbons (Fsp3) is 0.577. The van der Waals surface area contributed by atoms with Crippen LogP contribution in [0.4, 0.5) is 20.1 Å². The predicted octanol–water partition coefficient (Wildman–Crippen LogP) is 1.29. The van der Waals surface area contributed by atoms with Crippen LogP contribution in [-0.4, -0.2) is 67.4 Å². The number of primary amides is 1. The summed E-state index contributed by atoms with van der Waals surface area (Å²) in [6.07, 6.45) is -0.597. The van der Waals surface area contributed by atoms with Crippen LogP contribution in [0, 0.1) is 5.92 Å². The lowest BCUT2D eigenvalue weighted by molar-refractivity contribution is -0.128. The zero-order valence-electron chi connectivity index (χ0n) is 23.8. The van der Waals surface area contributed by atoms with E-state index >= 15 is 0 Å². The second kappa shape index (κ2) is 16.8. The summed E-state index contributed by atoms with van der Waals surface area (Å²) in [5.74, 6) is -1.03. The highest BCUT2D eigenvalue weighted by Gasteiger charge is 2.25. The summed E-state index contributed by atoms with van der Waals surface area (Å²) in [6, 6.07) is 4.26. The Morgan fingerprint density at radius 3 is 2.02 bits per heavy atom. The smallest absolute Gasteiger partial charge is 0.407 e. The Balaban J connectivity index is 2.56. The van der Waals surface area contributed by atoms with Gasteiger partial charge >= 0.3 is 18.2 Å². The summed E-state index contributed by atoms with van der Waals surface area (Å²) < 4.78 is 10.3. The van der Waals surface area contributed by atoms with Crippen molar-refractivity contribution >= 4 is 35.7 Å². The average Bonchev–Trinajstić information content (AvgIpc) is 2.86. The quantitative estimate of drug-likeness (QED) is 0.163. The summed E-state index contributed by atoms with van der Waals surface area (Å²) in [6.45, 7) is 9.40. The number of urea groups is 1. The van der Waals surface area contributed by atoms with Gasteiger partial charge in [0.05, 0.1) is 6.04 Å². The van der Waals surface area contributed by atoms with Crippen LogP contribution >= 0.6 is 0 Å². The molecule has 9 N–H and O–H groups in total. The van der Waals surface area contributed by atoms with Crippen molar-refractivity contribution in [3.05, 3.63) is 29.8 Å². The van der Waals surface area contributed by atoms with Crippen molar-refractivity contribution in [2.45, 2.75) is 71.8 Å². The number of anilines is 1. The SMILES string of the molecule is CC(C)[C@H](N)C(=O)N[C@@H](CCCNC(N)=O)C(=O)Nc1ccc(COC(=O)NCCNC(=O)OC(C)(C)C)cc1. The molecule has 14 heteroatoms. The van der Waals surface area contributed by atoms with Crippen molar-refractivity contribution in [3.8, 4) is 0 Å². The van der Waals surface area contributed by atoms with E-state index in [-0.39, 0.29) is 38.6 Å². The first-order valence-electron chi connectivity index (χ1n) is 13.0. The van der Waals surface area contributed by atoms with Crippen LogP contribution in [0.2, 0.25) is 0 Å². The van der Waals surface area contributed by atoms with Gasteiger partial charge in [-0.05, 0) is 57.2 Å². The minimum Gasteiger partial charge on any atom is -0.445 e. The molecule has 1 aromatic rings. The molecular formula is C26H43N7O7. The van der Waals surface area contributed by atoms with Crippen molar-refractivity contribution < 1.29 is 33.4 Å². The standard InChI is InChI=1S/C26H43N7O7/c1-16(2)20(27)22(35)33-19(7-6-12-29-23(28)36)21(34)32-18-10-8-17(9-11-18)15-39-24(37)30-13-14-31-25(38)40-26(3,4)5/h8-11,16,19-20H,6-7,12-15,27H2,1-5H3,(H,30,37)(H,31,38)(H,32,34)(H,33,35)(H3,28,29,36)/t19-,20-/m0/s1. The first kappa shape index (κ1) is 34.0. The molecular weight excluding hydrogens is 522 g/mol. The third-order valence-electron chi connectivity index (χ3n) is 5.28. The monoisotopic (exact) mass is 565 g/mol. The van der Waals surface area contributed by atoms with Gasteiger partial charge in [-0.3, -0.25) is 9.59 Å². The van der Waals surface area contributed by atoms with Crippen LogP contribution in [0.15, 0.2) is 24.3 Å². The Labute approximate surface area is 234 Å². The van der Waals surface area contributed by atoms with Gasteiger partial charge in [0.2, 0.25) is 11.8 Å². The van der Waals surface area contributed by atoms with Crippen molar-refractivity contribution in [3.63, 3.8) is 0 Å². The maximum atomic E-state index is 12.9. The molecule has 0 heterocycles. The van der Waals surface area contributed by atoms with Gasteiger partial charge in [0.1, 0.15) is 18.2 Å². The van der Waals surface area contributed by atoms with Crippen LogP contribution < -0.4 is 38.1 Å². The maximum Gasteiger partial charge on any atom is 0.407 e. The largest absolute Gasteiger partial charge is 0.445 e. The van der Waals surface area contributed by atoms with E-state index in [4.69, 9.17) is 20.9 Å². The van der Waals surface area contributed by atoms with E-state index in [9.17, 15) is 24.0 Å². The molecule has 0 aliphatic rings. The first-order chi connectivity index (χ1) is 18.7. The number of amides is 6. The average molecular weight is 566 g/mol. The van der Waals surface area contributed by atoms with E-state index < -0.39 is 47.7 Å². The number of nitrogens with two attached hydrogens (primary N) is 2. The topological polar surface area (TPSA) is 216 Å². The van der Waals surface area contributed by atoms with E-state index in [0.717, 1.165) is 0 Å². The van der Waals surface area contributed by atoms with E-state index in [2.05, 4.69) is 26.6 Å². The summed E-state index contributed by atoms with van der Waals surface area (Å²) in [4.78, 5) is 59.7. The minimum absolute atomic E-state index is 0.0157. The highest BCUT2D eigenvalue weighted by atomic mass is 16.6. The normalized spacial score (nSPS) is 12.5. The Bertz CT molecular complexity index is 994. The molecule has 6 amide bonds. The van der Waals surface area contributed by atoms with Crippen molar-refractivity contribution in [1.29, 1.82) is 0 Å². The lowest BCUT2D eigenvalue weighted by atomic mass is 10.0. The summed E-state index contributed by atoms with van der Waals surface area (Å²) >= 11 is 0.